The lowest BCUT2D eigenvalue weighted by Crippen LogP contribution is -2.02. The molecule has 19 heavy (non-hydrogen) atoms. The fourth-order valence-electron chi connectivity index (χ4n) is 1.45. The maximum atomic E-state index is 12.0. The van der Waals surface area contributed by atoms with E-state index in [4.69, 9.17) is 5.26 Å². The van der Waals surface area contributed by atoms with Crippen molar-refractivity contribution in [3.63, 3.8) is 0 Å². The average Bonchev–Trinajstić information content (AvgIpc) is 2.41. The number of alkyl halides is 2. The van der Waals surface area contributed by atoms with Gasteiger partial charge in [-0.15, -0.1) is 0 Å². The smallest absolute Gasteiger partial charge is 0.387 e. The monoisotopic (exact) mass is 261 g/mol. The molecule has 1 heterocycles. The predicted molar refractivity (Wildman–Crippen MR) is 65.3 cm³/mol. The standard InChI is InChI=1S/C13H9F2N3O/c14-13(15)19-11-5-3-10(4-6-11)18-12-9(8-16)2-1-7-17-12/h1-7,13H,(H,17,18). The molecule has 1 aromatic heterocycles. The van der Waals surface area contributed by atoms with Crippen LogP contribution in [0.25, 0.3) is 0 Å². The molecule has 0 aliphatic heterocycles. The molecular formula is C13H9F2N3O. The van der Waals surface area contributed by atoms with Gasteiger partial charge in [-0.1, -0.05) is 0 Å². The first kappa shape index (κ1) is 12.8. The molecule has 0 aliphatic rings. The molecule has 1 N–H and O–H groups in total. The Labute approximate surface area is 108 Å². The Bertz CT molecular complexity index is 594. The molecule has 0 spiro atoms. The van der Waals surface area contributed by atoms with E-state index >= 15 is 0 Å². The van der Waals surface area contributed by atoms with Gasteiger partial charge < -0.3 is 10.1 Å². The summed E-state index contributed by atoms with van der Waals surface area (Å²) in [5, 5.41) is 11.8. The zero-order chi connectivity index (χ0) is 13.7. The Kier molecular flexibility index (Phi) is 3.88. The zero-order valence-corrected chi connectivity index (χ0v) is 9.68. The van der Waals surface area contributed by atoms with Crippen LogP contribution in [0.5, 0.6) is 5.75 Å². The van der Waals surface area contributed by atoms with Crippen LogP contribution in [0.15, 0.2) is 42.6 Å². The Hall–Kier alpha value is -2.68. The summed E-state index contributed by atoms with van der Waals surface area (Å²) >= 11 is 0. The van der Waals surface area contributed by atoms with Gasteiger partial charge in [0.25, 0.3) is 0 Å². The van der Waals surface area contributed by atoms with Gasteiger partial charge in [0.15, 0.2) is 0 Å². The average molecular weight is 261 g/mol. The Morgan fingerprint density at radius 1 is 1.21 bits per heavy atom. The van der Waals surface area contributed by atoms with Crippen molar-refractivity contribution >= 4 is 11.5 Å². The first-order chi connectivity index (χ1) is 9.19. The highest BCUT2D eigenvalue weighted by atomic mass is 19.3. The molecule has 2 rings (SSSR count). The molecule has 0 radical (unpaired) electrons. The number of pyridine rings is 1. The van der Waals surface area contributed by atoms with Crippen molar-refractivity contribution in [2.45, 2.75) is 6.61 Å². The van der Waals surface area contributed by atoms with E-state index in [1.165, 1.54) is 12.1 Å². The molecule has 4 nitrogen and oxygen atoms in total. The molecule has 0 aliphatic carbocycles. The quantitative estimate of drug-likeness (QED) is 0.917. The van der Waals surface area contributed by atoms with E-state index in [1.807, 2.05) is 6.07 Å². The molecule has 0 atom stereocenters. The van der Waals surface area contributed by atoms with Crippen LogP contribution in [-0.2, 0) is 0 Å². The SMILES string of the molecule is N#Cc1cccnc1Nc1ccc(OC(F)F)cc1. The predicted octanol–water partition coefficient (Wildman–Crippen LogP) is 3.30. The summed E-state index contributed by atoms with van der Waals surface area (Å²) in [5.74, 6) is 0.481. The normalized spacial score (nSPS) is 10.0. The molecule has 0 saturated heterocycles. The summed E-state index contributed by atoms with van der Waals surface area (Å²) < 4.78 is 28.2. The second-order valence-corrected chi connectivity index (χ2v) is 3.54. The largest absolute Gasteiger partial charge is 0.435 e. The van der Waals surface area contributed by atoms with Crippen molar-refractivity contribution in [1.82, 2.24) is 4.98 Å². The summed E-state index contributed by atoms with van der Waals surface area (Å²) in [7, 11) is 0. The van der Waals surface area contributed by atoms with Crippen molar-refractivity contribution in [3.8, 4) is 11.8 Å². The van der Waals surface area contributed by atoms with Crippen molar-refractivity contribution in [2.24, 2.45) is 0 Å². The Morgan fingerprint density at radius 2 is 1.95 bits per heavy atom. The summed E-state index contributed by atoms with van der Waals surface area (Å²) in [6.45, 7) is -2.85. The maximum Gasteiger partial charge on any atom is 0.387 e. The number of rotatable bonds is 4. The molecule has 0 fully saturated rings. The lowest BCUT2D eigenvalue weighted by atomic mass is 10.2. The van der Waals surface area contributed by atoms with Gasteiger partial charge >= 0.3 is 6.61 Å². The second kappa shape index (κ2) is 5.78. The molecule has 1 aromatic carbocycles. The van der Waals surface area contributed by atoms with E-state index < -0.39 is 6.61 Å². The number of aromatic nitrogens is 1. The van der Waals surface area contributed by atoms with Crippen molar-refractivity contribution < 1.29 is 13.5 Å². The molecule has 2 aromatic rings. The first-order valence-electron chi connectivity index (χ1n) is 5.36. The summed E-state index contributed by atoms with van der Waals surface area (Å²) in [6, 6.07) is 11.2. The van der Waals surface area contributed by atoms with E-state index in [9.17, 15) is 8.78 Å². The molecule has 0 amide bonds. The number of nitriles is 1. The number of benzene rings is 1. The first-order valence-corrected chi connectivity index (χ1v) is 5.36. The summed E-state index contributed by atoms with van der Waals surface area (Å²) in [4.78, 5) is 4.03. The van der Waals surface area contributed by atoms with Crippen LogP contribution >= 0.6 is 0 Å². The fourth-order valence-corrected chi connectivity index (χ4v) is 1.45. The molecule has 96 valence electrons. The van der Waals surface area contributed by atoms with Crippen molar-refractivity contribution in [1.29, 1.82) is 5.26 Å². The highest BCUT2D eigenvalue weighted by molar-refractivity contribution is 5.62. The number of nitrogens with one attached hydrogen (secondary N) is 1. The highest BCUT2D eigenvalue weighted by Gasteiger charge is 2.05. The third-order valence-corrected chi connectivity index (χ3v) is 2.27. The summed E-state index contributed by atoms with van der Waals surface area (Å²) in [5.41, 5.74) is 1.02. The van der Waals surface area contributed by atoms with Crippen LogP contribution in [0.2, 0.25) is 0 Å². The lowest BCUT2D eigenvalue weighted by Gasteiger charge is -2.08. The van der Waals surface area contributed by atoms with Gasteiger partial charge in [0.1, 0.15) is 17.6 Å². The number of hydrogen-bond acceptors (Lipinski definition) is 4. The van der Waals surface area contributed by atoms with Gasteiger partial charge in [0.2, 0.25) is 0 Å². The maximum absolute atomic E-state index is 12.0. The van der Waals surface area contributed by atoms with Crippen LogP contribution in [0.3, 0.4) is 0 Å². The summed E-state index contributed by atoms with van der Waals surface area (Å²) in [6.07, 6.45) is 1.55. The third kappa shape index (κ3) is 3.39. The minimum Gasteiger partial charge on any atom is -0.435 e. The number of hydrogen-bond donors (Lipinski definition) is 1. The Balaban J connectivity index is 2.13. The second-order valence-electron chi connectivity index (χ2n) is 3.54. The Morgan fingerprint density at radius 3 is 2.58 bits per heavy atom. The van der Waals surface area contributed by atoms with Crippen LogP contribution in [0.1, 0.15) is 5.56 Å². The minimum atomic E-state index is -2.85. The van der Waals surface area contributed by atoms with Gasteiger partial charge in [-0.2, -0.15) is 14.0 Å². The van der Waals surface area contributed by atoms with Gasteiger partial charge in [-0.3, -0.25) is 0 Å². The van der Waals surface area contributed by atoms with Crippen LogP contribution < -0.4 is 10.1 Å². The van der Waals surface area contributed by atoms with E-state index in [0.717, 1.165) is 0 Å². The third-order valence-electron chi connectivity index (χ3n) is 2.27. The molecule has 0 saturated carbocycles. The van der Waals surface area contributed by atoms with Crippen LogP contribution in [-0.4, -0.2) is 11.6 Å². The zero-order valence-electron chi connectivity index (χ0n) is 9.68. The fraction of sp³-hybridized carbons (Fsp3) is 0.0769. The number of nitrogens with zero attached hydrogens (tertiary/aromatic N) is 2. The van der Waals surface area contributed by atoms with E-state index in [-0.39, 0.29) is 5.75 Å². The lowest BCUT2D eigenvalue weighted by molar-refractivity contribution is -0.0498. The van der Waals surface area contributed by atoms with Gasteiger partial charge in [-0.05, 0) is 36.4 Å². The van der Waals surface area contributed by atoms with E-state index in [1.54, 1.807) is 30.5 Å². The highest BCUT2D eigenvalue weighted by Crippen LogP contribution is 2.21. The van der Waals surface area contributed by atoms with E-state index in [2.05, 4.69) is 15.0 Å². The van der Waals surface area contributed by atoms with Crippen LogP contribution in [0, 0.1) is 11.3 Å². The van der Waals surface area contributed by atoms with Crippen molar-refractivity contribution in [3.05, 3.63) is 48.2 Å². The number of anilines is 2. The minimum absolute atomic E-state index is 0.0714. The molecule has 0 unspecified atom stereocenters. The van der Waals surface area contributed by atoms with Gasteiger partial charge in [0, 0.05) is 11.9 Å². The number of halogens is 2. The topological polar surface area (TPSA) is 57.9 Å². The molecular weight excluding hydrogens is 252 g/mol. The molecule has 0 bridgehead atoms. The van der Waals surface area contributed by atoms with Gasteiger partial charge in [-0.25, -0.2) is 4.98 Å². The van der Waals surface area contributed by atoms with Gasteiger partial charge in [0.05, 0.1) is 5.56 Å². The van der Waals surface area contributed by atoms with Crippen molar-refractivity contribution in [2.75, 3.05) is 5.32 Å². The molecule has 6 heteroatoms. The van der Waals surface area contributed by atoms with E-state index in [0.29, 0.717) is 17.1 Å². The number of ether oxygens (including phenoxy) is 1. The van der Waals surface area contributed by atoms with Crippen LogP contribution in [0.4, 0.5) is 20.3 Å².